The first kappa shape index (κ1) is 26.7. The van der Waals surface area contributed by atoms with Crippen molar-refractivity contribution in [3.63, 3.8) is 0 Å². The van der Waals surface area contributed by atoms with Crippen LogP contribution in [-0.4, -0.2) is 54.5 Å². The van der Waals surface area contributed by atoms with E-state index in [1.54, 1.807) is 0 Å². The Kier molecular flexibility index (Phi) is 13.0. The molecule has 3 atom stereocenters. The predicted molar refractivity (Wildman–Crippen MR) is 136 cm³/mol. The minimum atomic E-state index is 0. The van der Waals surface area contributed by atoms with E-state index in [9.17, 15) is 4.79 Å². The number of carbonyl (C=O) groups excluding carboxylic acids is 1. The average molecular weight is 530 g/mol. The molecule has 0 bridgehead atoms. The van der Waals surface area contributed by atoms with Gasteiger partial charge in [0.2, 0.25) is 5.91 Å². The van der Waals surface area contributed by atoms with Crippen molar-refractivity contribution < 1.29 is 4.79 Å². The summed E-state index contributed by atoms with van der Waals surface area (Å²) in [6, 6.07) is 11.8. The van der Waals surface area contributed by atoms with Crippen LogP contribution in [-0.2, 0) is 11.3 Å². The fourth-order valence-electron chi connectivity index (χ4n) is 3.64. The minimum absolute atomic E-state index is 0. The van der Waals surface area contributed by atoms with Gasteiger partial charge in [-0.3, -0.25) is 14.7 Å². The number of halogens is 1. The molecule has 1 aliphatic rings. The SMILES string of the molecule is CCNC(=NCCC(=O)NC(C)CC)NC1CCN(Cc2ccccc2)C(C)C1.I. The number of likely N-dealkylation sites (tertiary alicyclic amines) is 1. The topological polar surface area (TPSA) is 68.8 Å². The third kappa shape index (κ3) is 9.64. The van der Waals surface area contributed by atoms with Gasteiger partial charge in [-0.05, 0) is 45.6 Å². The second-order valence-corrected chi connectivity index (χ2v) is 8.06. The van der Waals surface area contributed by atoms with Crippen LogP contribution >= 0.6 is 24.0 Å². The van der Waals surface area contributed by atoms with Crippen molar-refractivity contribution in [3.05, 3.63) is 35.9 Å². The van der Waals surface area contributed by atoms with Gasteiger partial charge in [0.1, 0.15) is 0 Å². The third-order valence-corrected chi connectivity index (χ3v) is 5.56. The summed E-state index contributed by atoms with van der Waals surface area (Å²) in [7, 11) is 0. The fraction of sp³-hybridized carbons (Fsp3) is 0.652. The van der Waals surface area contributed by atoms with Crippen molar-refractivity contribution in [2.45, 2.75) is 78.0 Å². The summed E-state index contributed by atoms with van der Waals surface area (Å²) in [5, 5.41) is 9.89. The molecule has 0 spiro atoms. The van der Waals surface area contributed by atoms with Gasteiger partial charge in [-0.15, -0.1) is 24.0 Å². The molecule has 0 aromatic heterocycles. The van der Waals surface area contributed by atoms with E-state index >= 15 is 0 Å². The highest BCUT2D eigenvalue weighted by atomic mass is 127. The maximum atomic E-state index is 11.9. The van der Waals surface area contributed by atoms with Crippen LogP contribution in [0, 0.1) is 0 Å². The number of hydrogen-bond donors (Lipinski definition) is 3. The molecule has 170 valence electrons. The zero-order chi connectivity index (χ0) is 21.1. The van der Waals surface area contributed by atoms with Crippen LogP contribution in [0.5, 0.6) is 0 Å². The fourth-order valence-corrected chi connectivity index (χ4v) is 3.64. The van der Waals surface area contributed by atoms with Gasteiger partial charge in [-0.2, -0.15) is 0 Å². The van der Waals surface area contributed by atoms with Gasteiger partial charge < -0.3 is 16.0 Å². The van der Waals surface area contributed by atoms with Crippen molar-refractivity contribution in [2.75, 3.05) is 19.6 Å². The molecule has 1 aromatic rings. The number of guanidine groups is 1. The van der Waals surface area contributed by atoms with Gasteiger partial charge in [0.15, 0.2) is 5.96 Å². The summed E-state index contributed by atoms with van der Waals surface area (Å²) in [6.45, 7) is 11.9. The molecule has 1 aliphatic heterocycles. The summed E-state index contributed by atoms with van der Waals surface area (Å²) < 4.78 is 0. The molecule has 7 heteroatoms. The van der Waals surface area contributed by atoms with Gasteiger partial charge in [0, 0.05) is 44.2 Å². The van der Waals surface area contributed by atoms with Crippen LogP contribution in [0.15, 0.2) is 35.3 Å². The molecule has 2 rings (SSSR count). The van der Waals surface area contributed by atoms with E-state index in [0.29, 0.717) is 25.0 Å². The molecule has 30 heavy (non-hydrogen) atoms. The quantitative estimate of drug-likeness (QED) is 0.260. The van der Waals surface area contributed by atoms with Crippen LogP contribution < -0.4 is 16.0 Å². The van der Waals surface area contributed by atoms with Crippen LogP contribution in [0.4, 0.5) is 0 Å². The normalized spacial score (nSPS) is 20.7. The predicted octanol–water partition coefficient (Wildman–Crippen LogP) is 3.52. The standard InChI is InChI=1S/C23H39N5O.HI/c1-5-18(3)26-22(29)12-14-25-23(24-6-2)27-21-13-15-28(19(4)16-21)17-20-10-8-7-9-11-20;/h7-11,18-19,21H,5-6,12-17H2,1-4H3,(H,26,29)(H2,24,25,27);1H. The molecule has 1 amide bonds. The molecule has 0 saturated carbocycles. The summed E-state index contributed by atoms with van der Waals surface area (Å²) in [4.78, 5) is 19.1. The van der Waals surface area contributed by atoms with E-state index in [4.69, 9.17) is 0 Å². The van der Waals surface area contributed by atoms with E-state index in [1.807, 2.05) is 6.92 Å². The van der Waals surface area contributed by atoms with E-state index in [0.717, 1.165) is 44.9 Å². The Bertz CT molecular complexity index is 640. The summed E-state index contributed by atoms with van der Waals surface area (Å²) in [6.07, 6.45) is 3.55. The molecule has 1 heterocycles. The van der Waals surface area contributed by atoms with Crippen molar-refractivity contribution in [1.82, 2.24) is 20.9 Å². The first-order chi connectivity index (χ1) is 14.0. The molecule has 0 aliphatic carbocycles. The summed E-state index contributed by atoms with van der Waals surface area (Å²) >= 11 is 0. The lowest BCUT2D eigenvalue weighted by molar-refractivity contribution is -0.121. The molecule has 1 aromatic carbocycles. The Hall–Kier alpha value is -1.35. The number of piperidine rings is 1. The second-order valence-electron chi connectivity index (χ2n) is 8.06. The molecule has 6 nitrogen and oxygen atoms in total. The zero-order valence-electron chi connectivity index (χ0n) is 19.0. The number of carbonyl (C=O) groups is 1. The molecule has 0 radical (unpaired) electrons. The molecule has 1 saturated heterocycles. The maximum Gasteiger partial charge on any atom is 0.222 e. The lowest BCUT2D eigenvalue weighted by Crippen LogP contribution is -2.51. The highest BCUT2D eigenvalue weighted by Gasteiger charge is 2.25. The number of hydrogen-bond acceptors (Lipinski definition) is 3. The van der Waals surface area contributed by atoms with Crippen LogP contribution in [0.25, 0.3) is 0 Å². The second kappa shape index (κ2) is 14.6. The molecular formula is C23H40IN5O. The Balaban J connectivity index is 0.00000450. The van der Waals surface area contributed by atoms with Gasteiger partial charge in [0.25, 0.3) is 0 Å². The molecule has 3 unspecified atom stereocenters. The van der Waals surface area contributed by atoms with E-state index in [-0.39, 0.29) is 35.9 Å². The number of rotatable bonds is 9. The third-order valence-electron chi connectivity index (χ3n) is 5.56. The van der Waals surface area contributed by atoms with Gasteiger partial charge in [-0.25, -0.2) is 0 Å². The van der Waals surface area contributed by atoms with E-state index in [1.165, 1.54) is 5.56 Å². The number of nitrogens with one attached hydrogen (secondary N) is 3. The number of aliphatic imine (C=N–C) groups is 1. The molecule has 1 fully saturated rings. The van der Waals surface area contributed by atoms with Crippen LogP contribution in [0.1, 0.15) is 58.9 Å². The Labute approximate surface area is 199 Å². The van der Waals surface area contributed by atoms with Crippen molar-refractivity contribution >= 4 is 35.8 Å². The summed E-state index contributed by atoms with van der Waals surface area (Å²) in [5.41, 5.74) is 1.37. The van der Waals surface area contributed by atoms with Gasteiger partial charge >= 0.3 is 0 Å². The Morgan fingerprint density at radius 3 is 2.63 bits per heavy atom. The number of amides is 1. The monoisotopic (exact) mass is 529 g/mol. The Morgan fingerprint density at radius 2 is 2.00 bits per heavy atom. The minimum Gasteiger partial charge on any atom is -0.357 e. The van der Waals surface area contributed by atoms with Crippen molar-refractivity contribution in [2.24, 2.45) is 4.99 Å². The van der Waals surface area contributed by atoms with Gasteiger partial charge in [0.05, 0.1) is 6.54 Å². The van der Waals surface area contributed by atoms with Gasteiger partial charge in [-0.1, -0.05) is 37.3 Å². The van der Waals surface area contributed by atoms with E-state index in [2.05, 4.69) is 76.9 Å². The van der Waals surface area contributed by atoms with E-state index < -0.39 is 0 Å². The average Bonchev–Trinajstić information content (AvgIpc) is 2.71. The smallest absolute Gasteiger partial charge is 0.222 e. The maximum absolute atomic E-state index is 11.9. The highest BCUT2D eigenvalue weighted by Crippen LogP contribution is 2.19. The van der Waals surface area contributed by atoms with Crippen LogP contribution in [0.3, 0.4) is 0 Å². The first-order valence-electron chi connectivity index (χ1n) is 11.1. The number of benzene rings is 1. The lowest BCUT2D eigenvalue weighted by atomic mass is 9.97. The molecular weight excluding hydrogens is 489 g/mol. The molecule has 3 N–H and O–H groups in total. The highest BCUT2D eigenvalue weighted by molar-refractivity contribution is 14.0. The van der Waals surface area contributed by atoms with Crippen molar-refractivity contribution in [3.8, 4) is 0 Å². The Morgan fingerprint density at radius 1 is 1.27 bits per heavy atom. The largest absolute Gasteiger partial charge is 0.357 e. The van der Waals surface area contributed by atoms with Crippen LogP contribution in [0.2, 0.25) is 0 Å². The first-order valence-corrected chi connectivity index (χ1v) is 11.1. The lowest BCUT2D eigenvalue weighted by Gasteiger charge is -2.38. The van der Waals surface area contributed by atoms with Crippen molar-refractivity contribution in [1.29, 1.82) is 0 Å². The summed E-state index contributed by atoms with van der Waals surface area (Å²) in [5.74, 6) is 0.888. The zero-order valence-corrected chi connectivity index (χ0v) is 21.3. The number of nitrogens with zero attached hydrogens (tertiary/aromatic N) is 2.